The van der Waals surface area contributed by atoms with Gasteiger partial charge in [-0.25, -0.2) is 0 Å². The van der Waals surface area contributed by atoms with Crippen LogP contribution in [0.4, 0.5) is 5.69 Å². The van der Waals surface area contributed by atoms with Crippen LogP contribution in [0.5, 0.6) is 5.75 Å². The highest BCUT2D eigenvalue weighted by molar-refractivity contribution is 6.30. The van der Waals surface area contributed by atoms with E-state index in [1.165, 1.54) is 11.1 Å². The summed E-state index contributed by atoms with van der Waals surface area (Å²) in [6, 6.07) is 13.9. The number of halogens is 1. The lowest BCUT2D eigenvalue weighted by Gasteiger charge is -2.12. The summed E-state index contributed by atoms with van der Waals surface area (Å²) in [7, 11) is 3.33. The van der Waals surface area contributed by atoms with Gasteiger partial charge in [-0.2, -0.15) is 5.10 Å². The summed E-state index contributed by atoms with van der Waals surface area (Å²) in [5.41, 5.74) is 2.43. The van der Waals surface area contributed by atoms with Crippen molar-refractivity contribution in [3.8, 4) is 17.0 Å². The van der Waals surface area contributed by atoms with Crippen LogP contribution in [0.1, 0.15) is 10.4 Å². The molecule has 144 valence electrons. The first-order valence-electron chi connectivity index (χ1n) is 8.47. The maximum absolute atomic E-state index is 12.6. The topological polar surface area (TPSA) is 87.3 Å². The lowest BCUT2D eigenvalue weighted by molar-refractivity contribution is -0.130. The predicted octanol–water partition coefficient (Wildman–Crippen LogP) is 3.45. The number of hydrogen-bond acceptors (Lipinski definition) is 4. The quantitative estimate of drug-likeness (QED) is 0.665. The fraction of sp³-hybridized carbons (Fsp3) is 0.150. The van der Waals surface area contributed by atoms with Crippen LogP contribution in [-0.4, -0.2) is 47.6 Å². The molecule has 0 saturated heterocycles. The first kappa shape index (κ1) is 19.4. The second kappa shape index (κ2) is 8.58. The summed E-state index contributed by atoms with van der Waals surface area (Å²) < 4.78 is 5.42. The molecule has 0 aliphatic heterocycles. The Morgan fingerprint density at radius 3 is 2.43 bits per heavy atom. The molecular weight excluding hydrogens is 380 g/mol. The number of nitrogens with one attached hydrogen (secondary N) is 2. The van der Waals surface area contributed by atoms with Gasteiger partial charge in [0, 0.05) is 30.4 Å². The molecule has 2 N–H and O–H groups in total. The van der Waals surface area contributed by atoms with E-state index in [1.54, 1.807) is 50.5 Å². The molecule has 8 heteroatoms. The van der Waals surface area contributed by atoms with Gasteiger partial charge < -0.3 is 15.0 Å². The van der Waals surface area contributed by atoms with Crippen LogP contribution in [0.2, 0.25) is 5.02 Å². The van der Waals surface area contributed by atoms with Crippen molar-refractivity contribution in [1.82, 2.24) is 15.1 Å². The molecular formula is C20H19ClN4O3. The fourth-order valence-corrected chi connectivity index (χ4v) is 2.53. The smallest absolute Gasteiger partial charge is 0.259 e. The number of benzene rings is 2. The van der Waals surface area contributed by atoms with Crippen LogP contribution in [-0.2, 0) is 4.79 Å². The Bertz CT molecular complexity index is 966. The molecule has 0 aliphatic carbocycles. The van der Waals surface area contributed by atoms with E-state index >= 15 is 0 Å². The Morgan fingerprint density at radius 2 is 1.79 bits per heavy atom. The van der Waals surface area contributed by atoms with Crippen LogP contribution in [0.3, 0.4) is 0 Å². The number of anilines is 1. The molecule has 0 saturated carbocycles. The molecule has 0 atom stereocenters. The van der Waals surface area contributed by atoms with Crippen molar-refractivity contribution in [2.45, 2.75) is 0 Å². The number of carbonyl (C=O) groups is 2. The number of hydrogen-bond donors (Lipinski definition) is 2. The number of nitrogens with zero attached hydrogens (tertiary/aromatic N) is 2. The summed E-state index contributed by atoms with van der Waals surface area (Å²) in [6.45, 7) is -0.0435. The molecule has 0 unspecified atom stereocenters. The van der Waals surface area contributed by atoms with E-state index in [2.05, 4.69) is 15.5 Å². The van der Waals surface area contributed by atoms with Crippen LogP contribution >= 0.6 is 11.6 Å². The number of H-pyrrole nitrogens is 1. The van der Waals surface area contributed by atoms with Crippen LogP contribution in [0.15, 0.2) is 54.7 Å². The lowest BCUT2D eigenvalue weighted by Crippen LogP contribution is -2.27. The zero-order valence-electron chi connectivity index (χ0n) is 15.4. The van der Waals surface area contributed by atoms with Crippen molar-refractivity contribution in [1.29, 1.82) is 0 Å². The van der Waals surface area contributed by atoms with Crippen molar-refractivity contribution in [3.63, 3.8) is 0 Å². The molecule has 7 nitrogen and oxygen atoms in total. The summed E-state index contributed by atoms with van der Waals surface area (Å²) in [4.78, 5) is 25.6. The summed E-state index contributed by atoms with van der Waals surface area (Å²) >= 11 is 5.91. The first-order chi connectivity index (χ1) is 13.4. The average molecular weight is 399 g/mol. The van der Waals surface area contributed by atoms with Crippen LogP contribution < -0.4 is 10.1 Å². The van der Waals surface area contributed by atoms with Gasteiger partial charge in [-0.05, 0) is 36.4 Å². The van der Waals surface area contributed by atoms with Gasteiger partial charge in [-0.1, -0.05) is 23.7 Å². The van der Waals surface area contributed by atoms with Gasteiger partial charge in [0.05, 0.1) is 17.5 Å². The maximum Gasteiger partial charge on any atom is 0.259 e. The number of carbonyl (C=O) groups excluding carboxylic acids is 2. The predicted molar refractivity (Wildman–Crippen MR) is 108 cm³/mol. The molecule has 2 amide bonds. The normalized spacial score (nSPS) is 10.4. The number of amides is 2. The standard InChI is InChI=1S/C20H19ClN4O3/c1-25(2)18(26)12-28-16-9-7-15(8-10-16)23-20(27)17-11-22-24-19(17)13-3-5-14(21)6-4-13/h3-11H,12H2,1-2H3,(H,22,24)(H,23,27). The van der Waals surface area contributed by atoms with E-state index in [-0.39, 0.29) is 18.4 Å². The van der Waals surface area contributed by atoms with Gasteiger partial charge in [-0.15, -0.1) is 0 Å². The van der Waals surface area contributed by atoms with E-state index in [0.29, 0.717) is 27.7 Å². The Balaban J connectivity index is 1.66. The highest BCUT2D eigenvalue weighted by atomic mass is 35.5. The molecule has 0 spiro atoms. The van der Waals surface area contributed by atoms with E-state index in [9.17, 15) is 9.59 Å². The second-order valence-electron chi connectivity index (χ2n) is 6.22. The minimum Gasteiger partial charge on any atom is -0.484 e. The van der Waals surface area contributed by atoms with E-state index in [0.717, 1.165) is 5.56 Å². The number of likely N-dealkylation sites (N-methyl/N-ethyl adjacent to an activating group) is 1. The minimum absolute atomic E-state index is 0.0435. The van der Waals surface area contributed by atoms with E-state index < -0.39 is 0 Å². The van der Waals surface area contributed by atoms with Crippen molar-refractivity contribution in [2.24, 2.45) is 0 Å². The van der Waals surface area contributed by atoms with Crippen LogP contribution in [0.25, 0.3) is 11.3 Å². The van der Waals surface area contributed by atoms with Gasteiger partial charge in [0.25, 0.3) is 11.8 Å². The van der Waals surface area contributed by atoms with Gasteiger partial charge >= 0.3 is 0 Å². The third-order valence-electron chi connectivity index (χ3n) is 3.99. The zero-order chi connectivity index (χ0) is 20.1. The van der Waals surface area contributed by atoms with Gasteiger partial charge in [0.2, 0.25) is 0 Å². The summed E-state index contributed by atoms with van der Waals surface area (Å²) in [5, 5.41) is 10.3. The molecule has 0 fully saturated rings. The first-order valence-corrected chi connectivity index (χ1v) is 8.85. The molecule has 0 aliphatic rings. The molecule has 1 aromatic heterocycles. The lowest BCUT2D eigenvalue weighted by atomic mass is 10.1. The van der Waals surface area contributed by atoms with Gasteiger partial charge in [-0.3, -0.25) is 14.7 Å². The van der Waals surface area contributed by atoms with Crippen molar-refractivity contribution < 1.29 is 14.3 Å². The van der Waals surface area contributed by atoms with Crippen molar-refractivity contribution in [2.75, 3.05) is 26.0 Å². The van der Waals surface area contributed by atoms with Crippen molar-refractivity contribution >= 4 is 29.1 Å². The minimum atomic E-state index is -0.296. The third-order valence-corrected chi connectivity index (χ3v) is 4.24. The average Bonchev–Trinajstić information content (AvgIpc) is 3.17. The maximum atomic E-state index is 12.6. The molecule has 1 heterocycles. The van der Waals surface area contributed by atoms with Gasteiger partial charge in [0.1, 0.15) is 5.75 Å². The molecule has 3 aromatic rings. The Labute approximate surface area is 167 Å². The third kappa shape index (κ3) is 4.69. The van der Waals surface area contributed by atoms with E-state index in [4.69, 9.17) is 16.3 Å². The number of aromatic amines is 1. The number of rotatable bonds is 6. The largest absolute Gasteiger partial charge is 0.484 e. The molecule has 3 rings (SSSR count). The molecule has 0 bridgehead atoms. The van der Waals surface area contributed by atoms with Gasteiger partial charge in [0.15, 0.2) is 6.61 Å². The Morgan fingerprint density at radius 1 is 1.11 bits per heavy atom. The SMILES string of the molecule is CN(C)C(=O)COc1ccc(NC(=O)c2cn[nH]c2-c2ccc(Cl)cc2)cc1. The number of ether oxygens (including phenoxy) is 1. The molecule has 28 heavy (non-hydrogen) atoms. The van der Waals surface area contributed by atoms with Crippen molar-refractivity contribution in [3.05, 3.63) is 65.3 Å². The zero-order valence-corrected chi connectivity index (χ0v) is 16.2. The van der Waals surface area contributed by atoms with E-state index in [1.807, 2.05) is 12.1 Å². The van der Waals surface area contributed by atoms with Crippen LogP contribution in [0, 0.1) is 0 Å². The fourth-order valence-electron chi connectivity index (χ4n) is 2.40. The highest BCUT2D eigenvalue weighted by Gasteiger charge is 2.15. The number of aromatic nitrogens is 2. The monoisotopic (exact) mass is 398 g/mol. The Hall–Kier alpha value is -3.32. The molecule has 2 aromatic carbocycles. The summed E-state index contributed by atoms with van der Waals surface area (Å²) in [6.07, 6.45) is 1.48. The summed E-state index contributed by atoms with van der Waals surface area (Å²) in [5.74, 6) is 0.112. The highest BCUT2D eigenvalue weighted by Crippen LogP contribution is 2.24. The molecule has 0 radical (unpaired) electrons. The second-order valence-corrected chi connectivity index (χ2v) is 6.66. The Kier molecular flexibility index (Phi) is 5.96.